The second-order valence-corrected chi connectivity index (χ2v) is 5.42. The van der Waals surface area contributed by atoms with Crippen LogP contribution in [0.5, 0.6) is 0 Å². The van der Waals surface area contributed by atoms with Crippen molar-refractivity contribution in [3.8, 4) is 0 Å². The largest absolute Gasteiger partial charge is 0.423 e. The molecule has 1 aliphatic rings. The van der Waals surface area contributed by atoms with Gasteiger partial charge in [-0.3, -0.25) is 4.79 Å². The summed E-state index contributed by atoms with van der Waals surface area (Å²) in [5.74, 6) is -0.0114. The molecule has 112 valence electrons. The molecule has 0 amide bonds. The molecular formula is C15H13FN4O2. The van der Waals surface area contributed by atoms with Crippen molar-refractivity contribution in [3.63, 3.8) is 0 Å². The van der Waals surface area contributed by atoms with Gasteiger partial charge in [-0.15, -0.1) is 0 Å². The summed E-state index contributed by atoms with van der Waals surface area (Å²) < 4.78 is 20.2. The Bertz CT molecular complexity index is 882. The van der Waals surface area contributed by atoms with Crippen molar-refractivity contribution in [2.45, 2.75) is 6.54 Å². The Morgan fingerprint density at radius 1 is 1.32 bits per heavy atom. The molecule has 3 aromatic rings. The van der Waals surface area contributed by atoms with Gasteiger partial charge in [0, 0.05) is 37.3 Å². The highest BCUT2D eigenvalue weighted by Crippen LogP contribution is 2.28. The molecule has 4 rings (SSSR count). The highest BCUT2D eigenvalue weighted by Gasteiger charge is 2.30. The standard InChI is InChI=1S/C15H13FN4O2/c16-11-3-4-13-12(6-11)18-15(22-13)19-7-10(8-19)9-20-14(21)2-1-5-17-20/h1-6,10H,7-9H2. The minimum atomic E-state index is -0.330. The van der Waals surface area contributed by atoms with Gasteiger partial charge in [-0.2, -0.15) is 10.1 Å². The molecule has 0 spiro atoms. The van der Waals surface area contributed by atoms with E-state index in [-0.39, 0.29) is 11.4 Å². The summed E-state index contributed by atoms with van der Waals surface area (Å²) in [4.78, 5) is 17.9. The SMILES string of the molecule is O=c1cccnn1CC1CN(c2nc3cc(F)ccc3o2)C1. The zero-order chi connectivity index (χ0) is 15.1. The van der Waals surface area contributed by atoms with Crippen LogP contribution < -0.4 is 10.5 Å². The normalized spacial score (nSPS) is 15.2. The number of aromatic nitrogens is 3. The quantitative estimate of drug-likeness (QED) is 0.736. The van der Waals surface area contributed by atoms with Gasteiger partial charge in [0.25, 0.3) is 11.6 Å². The summed E-state index contributed by atoms with van der Waals surface area (Å²) in [5.41, 5.74) is 0.985. The number of oxazole rings is 1. The molecule has 1 saturated heterocycles. The predicted molar refractivity (Wildman–Crippen MR) is 78.2 cm³/mol. The van der Waals surface area contributed by atoms with E-state index in [1.54, 1.807) is 18.3 Å². The van der Waals surface area contributed by atoms with Gasteiger partial charge in [0.15, 0.2) is 5.58 Å². The van der Waals surface area contributed by atoms with Crippen LogP contribution in [0.3, 0.4) is 0 Å². The lowest BCUT2D eigenvalue weighted by atomic mass is 10.0. The van der Waals surface area contributed by atoms with Gasteiger partial charge in [-0.25, -0.2) is 9.07 Å². The number of halogens is 1. The molecule has 0 atom stereocenters. The molecule has 0 unspecified atom stereocenters. The fourth-order valence-corrected chi connectivity index (χ4v) is 2.63. The maximum absolute atomic E-state index is 13.2. The van der Waals surface area contributed by atoms with Gasteiger partial charge in [0.1, 0.15) is 11.3 Å². The zero-order valence-corrected chi connectivity index (χ0v) is 11.6. The predicted octanol–water partition coefficient (Wildman–Crippen LogP) is 1.66. The lowest BCUT2D eigenvalue weighted by Crippen LogP contribution is -2.49. The third-order valence-electron chi connectivity index (χ3n) is 3.78. The van der Waals surface area contributed by atoms with Crippen molar-refractivity contribution in [1.29, 1.82) is 0 Å². The minimum Gasteiger partial charge on any atom is -0.423 e. The van der Waals surface area contributed by atoms with E-state index < -0.39 is 0 Å². The molecule has 0 saturated carbocycles. The third kappa shape index (κ3) is 2.24. The first-order chi connectivity index (χ1) is 10.7. The summed E-state index contributed by atoms with van der Waals surface area (Å²) >= 11 is 0. The lowest BCUT2D eigenvalue weighted by Gasteiger charge is -2.37. The number of nitrogens with zero attached hydrogens (tertiary/aromatic N) is 4. The number of anilines is 1. The topological polar surface area (TPSA) is 64.2 Å². The van der Waals surface area contributed by atoms with Crippen LogP contribution in [-0.2, 0) is 6.54 Å². The molecule has 0 aliphatic carbocycles. The molecule has 6 nitrogen and oxygen atoms in total. The van der Waals surface area contributed by atoms with E-state index in [9.17, 15) is 9.18 Å². The summed E-state index contributed by atoms with van der Waals surface area (Å²) in [6, 6.07) is 7.90. The molecule has 0 N–H and O–H groups in total. The molecular weight excluding hydrogens is 287 g/mol. The number of hydrogen-bond acceptors (Lipinski definition) is 5. The Morgan fingerprint density at radius 3 is 3.00 bits per heavy atom. The van der Waals surface area contributed by atoms with Crippen LogP contribution in [0.2, 0.25) is 0 Å². The summed E-state index contributed by atoms with van der Waals surface area (Å²) in [5, 5.41) is 4.05. The maximum Gasteiger partial charge on any atom is 0.298 e. The third-order valence-corrected chi connectivity index (χ3v) is 3.78. The first-order valence-corrected chi connectivity index (χ1v) is 7.02. The van der Waals surface area contributed by atoms with E-state index >= 15 is 0 Å². The van der Waals surface area contributed by atoms with E-state index in [2.05, 4.69) is 10.1 Å². The van der Waals surface area contributed by atoms with E-state index in [4.69, 9.17) is 4.42 Å². The van der Waals surface area contributed by atoms with E-state index in [0.717, 1.165) is 13.1 Å². The second-order valence-electron chi connectivity index (χ2n) is 5.42. The molecule has 3 heterocycles. The van der Waals surface area contributed by atoms with Crippen molar-refractivity contribution in [1.82, 2.24) is 14.8 Å². The molecule has 0 radical (unpaired) electrons. The van der Waals surface area contributed by atoms with Crippen LogP contribution in [0.15, 0.2) is 45.7 Å². The monoisotopic (exact) mass is 300 g/mol. The van der Waals surface area contributed by atoms with E-state index in [1.165, 1.54) is 22.9 Å². The lowest BCUT2D eigenvalue weighted by molar-refractivity contribution is 0.319. The van der Waals surface area contributed by atoms with Crippen molar-refractivity contribution in [2.24, 2.45) is 5.92 Å². The summed E-state index contributed by atoms with van der Waals surface area (Å²) in [7, 11) is 0. The first-order valence-electron chi connectivity index (χ1n) is 7.02. The number of hydrogen-bond donors (Lipinski definition) is 0. The van der Waals surface area contributed by atoms with Gasteiger partial charge in [-0.1, -0.05) is 0 Å². The van der Waals surface area contributed by atoms with Crippen LogP contribution in [0.1, 0.15) is 0 Å². The van der Waals surface area contributed by atoms with E-state index in [1.807, 2.05) is 4.90 Å². The molecule has 0 bridgehead atoms. The summed E-state index contributed by atoms with van der Waals surface area (Å²) in [6.45, 7) is 2.04. The van der Waals surface area contributed by atoms with Crippen molar-refractivity contribution < 1.29 is 8.81 Å². The zero-order valence-electron chi connectivity index (χ0n) is 11.6. The number of benzene rings is 1. The second kappa shape index (κ2) is 4.94. The van der Waals surface area contributed by atoms with E-state index in [0.29, 0.717) is 29.6 Å². The van der Waals surface area contributed by atoms with Crippen LogP contribution in [0.25, 0.3) is 11.1 Å². The van der Waals surface area contributed by atoms with Gasteiger partial charge >= 0.3 is 0 Å². The van der Waals surface area contributed by atoms with Crippen LogP contribution in [-0.4, -0.2) is 27.9 Å². The fraction of sp³-hybridized carbons (Fsp3) is 0.267. The van der Waals surface area contributed by atoms with Gasteiger partial charge in [-0.05, 0) is 18.2 Å². The van der Waals surface area contributed by atoms with Crippen LogP contribution in [0.4, 0.5) is 10.4 Å². The van der Waals surface area contributed by atoms with Crippen molar-refractivity contribution in [2.75, 3.05) is 18.0 Å². The Kier molecular flexibility index (Phi) is 2.92. The van der Waals surface area contributed by atoms with Gasteiger partial charge in [0.05, 0.1) is 6.54 Å². The highest BCUT2D eigenvalue weighted by atomic mass is 19.1. The Labute approximate surface area is 124 Å². The van der Waals surface area contributed by atoms with Crippen molar-refractivity contribution >= 4 is 17.1 Å². The van der Waals surface area contributed by atoms with Crippen LogP contribution in [0, 0.1) is 11.7 Å². The molecule has 22 heavy (non-hydrogen) atoms. The smallest absolute Gasteiger partial charge is 0.298 e. The van der Waals surface area contributed by atoms with Crippen molar-refractivity contribution in [3.05, 3.63) is 52.7 Å². The maximum atomic E-state index is 13.2. The Morgan fingerprint density at radius 2 is 2.18 bits per heavy atom. The Hall–Kier alpha value is -2.70. The summed E-state index contributed by atoms with van der Waals surface area (Å²) in [6.07, 6.45) is 1.60. The average molecular weight is 300 g/mol. The fourth-order valence-electron chi connectivity index (χ4n) is 2.63. The van der Waals surface area contributed by atoms with Gasteiger partial charge < -0.3 is 9.32 Å². The minimum absolute atomic E-state index is 0.0988. The Balaban J connectivity index is 1.46. The molecule has 1 aliphatic heterocycles. The number of rotatable bonds is 3. The highest BCUT2D eigenvalue weighted by molar-refractivity contribution is 5.74. The molecule has 1 aromatic carbocycles. The van der Waals surface area contributed by atoms with Gasteiger partial charge in [0.2, 0.25) is 0 Å². The number of fused-ring (bicyclic) bond motifs is 1. The average Bonchev–Trinajstić information content (AvgIpc) is 2.86. The molecule has 2 aromatic heterocycles. The molecule has 1 fully saturated rings. The first kappa shape index (κ1) is 13.0. The van der Waals surface area contributed by atoms with Crippen LogP contribution >= 0.6 is 0 Å². The molecule has 7 heteroatoms.